The summed E-state index contributed by atoms with van der Waals surface area (Å²) in [5.74, 6) is -1.65. The molecule has 0 saturated carbocycles. The topological polar surface area (TPSA) is 64.6 Å². The van der Waals surface area contributed by atoms with E-state index in [0.717, 1.165) is 4.88 Å². The molecule has 0 radical (unpaired) electrons. The maximum atomic E-state index is 15.2. The molecule has 0 amide bonds. The average molecular weight is 538 g/mol. The van der Waals surface area contributed by atoms with Gasteiger partial charge in [0.15, 0.2) is 5.78 Å². The maximum Gasteiger partial charge on any atom is 0.336 e. The van der Waals surface area contributed by atoms with Gasteiger partial charge in [-0.3, -0.25) is 4.79 Å². The van der Waals surface area contributed by atoms with Crippen LogP contribution in [-0.4, -0.2) is 25.0 Å². The Morgan fingerprint density at radius 1 is 1.08 bits per heavy atom. The normalized spacial score (nSPS) is 19.4. The van der Waals surface area contributed by atoms with Crippen LogP contribution in [0.5, 0.6) is 5.75 Å². The Labute approximate surface area is 223 Å². The number of thiophene rings is 1. The molecule has 2 heterocycles. The zero-order valence-corrected chi connectivity index (χ0v) is 21.7. The average Bonchev–Trinajstić information content (AvgIpc) is 3.42. The number of allylic oxidation sites excluding steroid dienone is 3. The summed E-state index contributed by atoms with van der Waals surface area (Å²) in [7, 11) is 0. The number of Topliss-reactive ketones (excluding diaryl/α,β-unsaturated/α-hetero) is 1. The first kappa shape index (κ1) is 25.2. The summed E-state index contributed by atoms with van der Waals surface area (Å²) in [5.41, 5.74) is 1.86. The number of hydrogen-bond donors (Lipinski definition) is 1. The minimum absolute atomic E-state index is 0.0114. The van der Waals surface area contributed by atoms with Crippen molar-refractivity contribution in [1.82, 2.24) is 5.32 Å². The second-order valence-electron chi connectivity index (χ2n) is 8.97. The molecule has 8 heteroatoms. The third kappa shape index (κ3) is 5.20. The number of nitrogens with one attached hydrogen (secondary N) is 1. The first-order chi connectivity index (χ1) is 17.9. The molecule has 0 fully saturated rings. The van der Waals surface area contributed by atoms with E-state index in [2.05, 4.69) is 5.32 Å². The zero-order chi connectivity index (χ0) is 25.9. The highest BCUT2D eigenvalue weighted by atomic mass is 35.5. The summed E-state index contributed by atoms with van der Waals surface area (Å²) in [6.07, 6.45) is 0.852. The molecule has 0 spiro atoms. The largest absolute Gasteiger partial charge is 0.490 e. The zero-order valence-electron chi connectivity index (χ0n) is 20.1. The van der Waals surface area contributed by atoms with Crippen molar-refractivity contribution in [3.63, 3.8) is 0 Å². The Kier molecular flexibility index (Phi) is 7.44. The molecule has 1 N–H and O–H groups in total. The molecule has 1 aromatic heterocycles. The molecular weight excluding hydrogens is 513 g/mol. The van der Waals surface area contributed by atoms with Crippen molar-refractivity contribution in [3.8, 4) is 5.75 Å². The molecule has 2 atom stereocenters. The van der Waals surface area contributed by atoms with Gasteiger partial charge in [0, 0.05) is 44.8 Å². The van der Waals surface area contributed by atoms with Crippen LogP contribution >= 0.6 is 22.9 Å². The molecule has 5 nitrogen and oxygen atoms in total. The Hall–Kier alpha value is -3.42. The van der Waals surface area contributed by atoms with Gasteiger partial charge in [-0.2, -0.15) is 0 Å². The van der Waals surface area contributed by atoms with Crippen LogP contribution in [0.25, 0.3) is 0 Å². The second-order valence-corrected chi connectivity index (χ2v) is 10.4. The van der Waals surface area contributed by atoms with Crippen LogP contribution in [0, 0.1) is 5.82 Å². The van der Waals surface area contributed by atoms with Gasteiger partial charge in [0.2, 0.25) is 0 Å². The predicted octanol–water partition coefficient (Wildman–Crippen LogP) is 6.52. The fourth-order valence-electron chi connectivity index (χ4n) is 5.00. The summed E-state index contributed by atoms with van der Waals surface area (Å²) in [6.45, 7) is 1.88. The molecule has 1 aliphatic carbocycles. The van der Waals surface area contributed by atoms with Crippen molar-refractivity contribution in [2.45, 2.75) is 31.6 Å². The molecule has 2 aromatic carbocycles. The minimum atomic E-state index is -0.968. The molecule has 0 saturated heterocycles. The molecule has 1 aliphatic heterocycles. The number of esters is 1. The lowest BCUT2D eigenvalue weighted by Crippen LogP contribution is -2.36. The van der Waals surface area contributed by atoms with E-state index in [1.807, 2.05) is 47.8 Å². The number of benzene rings is 2. The number of dihydropyridines is 1. The van der Waals surface area contributed by atoms with Gasteiger partial charge in [-0.25, -0.2) is 9.18 Å². The van der Waals surface area contributed by atoms with Gasteiger partial charge >= 0.3 is 5.97 Å². The van der Waals surface area contributed by atoms with Gasteiger partial charge in [0.1, 0.15) is 24.8 Å². The smallest absolute Gasteiger partial charge is 0.336 e. The summed E-state index contributed by atoms with van der Waals surface area (Å²) in [5, 5.41) is 5.41. The Balaban J connectivity index is 1.45. The van der Waals surface area contributed by atoms with Gasteiger partial charge in [-0.15, -0.1) is 11.3 Å². The second kappa shape index (κ2) is 10.9. The quantitative estimate of drug-likeness (QED) is 0.274. The number of carbonyl (C=O) groups is 2. The summed E-state index contributed by atoms with van der Waals surface area (Å²) in [6, 6.07) is 17.5. The van der Waals surface area contributed by atoms with E-state index in [1.165, 1.54) is 12.1 Å². The number of para-hydroxylation sites is 1. The number of rotatable bonds is 7. The van der Waals surface area contributed by atoms with Crippen molar-refractivity contribution in [2.75, 3.05) is 13.2 Å². The molecule has 0 bridgehead atoms. The van der Waals surface area contributed by atoms with E-state index in [4.69, 9.17) is 21.1 Å². The minimum Gasteiger partial charge on any atom is -0.490 e. The van der Waals surface area contributed by atoms with Crippen LogP contribution < -0.4 is 10.1 Å². The standard InChI is InChI=1S/C29H25ClFNO4S/c1-17-25(29(34)36-13-12-35-19-7-3-2-4-8-19)28(26-20(30)9-5-10-21(26)31)27-22(32-17)15-18(16-23(27)33)24-11-6-14-37-24/h2-11,14,18,28,32H,12-13,15-16H2,1H3/t18-,28-/m1/s1. The Morgan fingerprint density at radius 2 is 1.89 bits per heavy atom. The van der Waals surface area contributed by atoms with Crippen LogP contribution in [-0.2, 0) is 14.3 Å². The summed E-state index contributed by atoms with van der Waals surface area (Å²) >= 11 is 8.08. The number of carbonyl (C=O) groups excluding carboxylic acids is 2. The highest BCUT2D eigenvalue weighted by molar-refractivity contribution is 7.10. The van der Waals surface area contributed by atoms with Crippen LogP contribution in [0.3, 0.4) is 0 Å². The molecule has 2 aliphatic rings. The highest BCUT2D eigenvalue weighted by Gasteiger charge is 2.43. The van der Waals surface area contributed by atoms with Crippen LogP contribution in [0.1, 0.15) is 42.0 Å². The molecule has 190 valence electrons. The monoisotopic (exact) mass is 537 g/mol. The number of ether oxygens (including phenoxy) is 2. The molecule has 37 heavy (non-hydrogen) atoms. The van der Waals surface area contributed by atoms with E-state index < -0.39 is 17.7 Å². The van der Waals surface area contributed by atoms with Gasteiger partial charge in [0.25, 0.3) is 0 Å². The first-order valence-corrected chi connectivity index (χ1v) is 13.3. The third-order valence-corrected chi connectivity index (χ3v) is 7.97. The first-order valence-electron chi connectivity index (χ1n) is 12.0. The van der Waals surface area contributed by atoms with E-state index in [9.17, 15) is 9.59 Å². The van der Waals surface area contributed by atoms with Crippen molar-refractivity contribution in [1.29, 1.82) is 0 Å². The summed E-state index contributed by atoms with van der Waals surface area (Å²) in [4.78, 5) is 28.1. The molecular formula is C29H25ClFNO4S. The van der Waals surface area contributed by atoms with Gasteiger partial charge < -0.3 is 14.8 Å². The van der Waals surface area contributed by atoms with E-state index in [-0.39, 0.29) is 47.5 Å². The van der Waals surface area contributed by atoms with Crippen LogP contribution in [0.4, 0.5) is 4.39 Å². The van der Waals surface area contributed by atoms with E-state index in [1.54, 1.807) is 24.3 Å². The van der Waals surface area contributed by atoms with Gasteiger partial charge in [0.05, 0.1) is 11.5 Å². The molecule has 5 rings (SSSR count). The van der Waals surface area contributed by atoms with Crippen LogP contribution in [0.2, 0.25) is 5.02 Å². The summed E-state index contributed by atoms with van der Waals surface area (Å²) < 4.78 is 26.4. The maximum absolute atomic E-state index is 15.2. The van der Waals surface area contributed by atoms with Crippen LogP contribution in [0.15, 0.2) is 88.6 Å². The van der Waals surface area contributed by atoms with Crippen molar-refractivity contribution in [3.05, 3.63) is 110 Å². The Bertz CT molecular complexity index is 1360. The van der Waals surface area contributed by atoms with E-state index >= 15 is 4.39 Å². The van der Waals surface area contributed by atoms with Crippen molar-refractivity contribution in [2.24, 2.45) is 0 Å². The van der Waals surface area contributed by atoms with Gasteiger partial charge in [-0.05, 0) is 49.1 Å². The van der Waals surface area contributed by atoms with Crippen molar-refractivity contribution >= 4 is 34.7 Å². The lowest BCUT2D eigenvalue weighted by atomic mass is 9.72. The van der Waals surface area contributed by atoms with Crippen molar-refractivity contribution < 1.29 is 23.5 Å². The van der Waals surface area contributed by atoms with Gasteiger partial charge in [-0.1, -0.05) is 41.9 Å². The lowest BCUT2D eigenvalue weighted by Gasteiger charge is -2.36. The molecule has 0 unspecified atom stereocenters. The highest BCUT2D eigenvalue weighted by Crippen LogP contribution is 2.48. The Morgan fingerprint density at radius 3 is 2.62 bits per heavy atom. The third-order valence-electron chi connectivity index (χ3n) is 6.61. The number of ketones is 1. The lowest BCUT2D eigenvalue weighted by molar-refractivity contribution is -0.140. The molecule has 3 aromatic rings. The number of hydrogen-bond acceptors (Lipinski definition) is 6. The SMILES string of the molecule is CC1=C(C(=O)OCCOc2ccccc2)[C@H](c2c(F)cccc2Cl)C2=C(C[C@@H](c3cccs3)CC2=O)N1. The predicted molar refractivity (Wildman–Crippen MR) is 141 cm³/mol. The van der Waals surface area contributed by atoms with E-state index in [0.29, 0.717) is 29.1 Å². The number of halogens is 2. The fraction of sp³-hybridized carbons (Fsp3) is 0.241. The fourth-order valence-corrected chi connectivity index (χ4v) is 6.10.